The van der Waals surface area contributed by atoms with Gasteiger partial charge in [-0.1, -0.05) is 13.0 Å². The summed E-state index contributed by atoms with van der Waals surface area (Å²) < 4.78 is 0. The predicted octanol–water partition coefficient (Wildman–Crippen LogP) is 2.75. The van der Waals surface area contributed by atoms with Crippen molar-refractivity contribution in [3.63, 3.8) is 0 Å². The fourth-order valence-corrected chi connectivity index (χ4v) is 1.80. The molecular weight excluding hydrogens is 266 g/mol. The van der Waals surface area contributed by atoms with Gasteiger partial charge in [0.05, 0.1) is 6.54 Å². The molecule has 0 aliphatic heterocycles. The highest BCUT2D eigenvalue weighted by Gasteiger charge is 2.13. The maximum Gasteiger partial charge on any atom is 0.239 e. The normalized spacial score (nSPS) is 10.9. The van der Waals surface area contributed by atoms with Gasteiger partial charge in [0, 0.05) is 23.3 Å². The Labute approximate surface area is 126 Å². The third-order valence-corrected chi connectivity index (χ3v) is 2.59. The lowest BCUT2D eigenvalue weighted by Gasteiger charge is -2.20. The van der Waals surface area contributed by atoms with Crippen LogP contribution < -0.4 is 16.0 Å². The number of hydrogen-bond acceptors (Lipinski definition) is 3. The summed E-state index contributed by atoms with van der Waals surface area (Å²) in [5.41, 5.74) is 1.29. The maximum absolute atomic E-state index is 11.7. The molecule has 0 spiro atoms. The molecule has 0 fully saturated rings. The Morgan fingerprint density at radius 1 is 1.10 bits per heavy atom. The number of carbonyl (C=O) groups excluding carboxylic acids is 2. The van der Waals surface area contributed by atoms with Gasteiger partial charge in [0.15, 0.2) is 0 Å². The number of nitrogens with one attached hydrogen (secondary N) is 3. The van der Waals surface area contributed by atoms with Crippen molar-refractivity contribution in [2.75, 3.05) is 17.2 Å². The molecule has 2 amide bonds. The number of anilines is 2. The fourth-order valence-electron chi connectivity index (χ4n) is 1.80. The molecule has 0 atom stereocenters. The molecule has 0 unspecified atom stereocenters. The van der Waals surface area contributed by atoms with Gasteiger partial charge in [-0.25, -0.2) is 0 Å². The van der Waals surface area contributed by atoms with Gasteiger partial charge in [-0.15, -0.1) is 0 Å². The average Bonchev–Trinajstić information content (AvgIpc) is 2.35. The average molecular weight is 291 g/mol. The molecule has 0 radical (unpaired) electrons. The Morgan fingerprint density at radius 3 is 2.38 bits per heavy atom. The minimum atomic E-state index is -0.241. The maximum atomic E-state index is 11.7. The molecule has 5 nitrogen and oxygen atoms in total. The first-order chi connectivity index (χ1) is 9.80. The number of amides is 2. The van der Waals surface area contributed by atoms with Crippen molar-refractivity contribution < 1.29 is 9.59 Å². The summed E-state index contributed by atoms with van der Waals surface area (Å²) in [7, 11) is 0. The first-order valence-corrected chi connectivity index (χ1v) is 7.25. The Morgan fingerprint density at radius 2 is 1.76 bits per heavy atom. The summed E-state index contributed by atoms with van der Waals surface area (Å²) in [5, 5.41) is 8.76. The summed E-state index contributed by atoms with van der Waals surface area (Å²) in [5.74, 6) is -0.0666. The highest BCUT2D eigenvalue weighted by atomic mass is 16.2. The second kappa shape index (κ2) is 7.67. The van der Waals surface area contributed by atoms with Crippen LogP contribution in [-0.4, -0.2) is 23.9 Å². The van der Waals surface area contributed by atoms with Gasteiger partial charge in [0.25, 0.3) is 0 Å². The van der Waals surface area contributed by atoms with E-state index in [4.69, 9.17) is 0 Å². The van der Waals surface area contributed by atoms with Gasteiger partial charge in [0.1, 0.15) is 0 Å². The number of hydrogen-bond donors (Lipinski definition) is 3. The van der Waals surface area contributed by atoms with Crippen LogP contribution in [0.4, 0.5) is 11.4 Å². The number of rotatable bonds is 6. The summed E-state index contributed by atoms with van der Waals surface area (Å²) in [6.45, 7) is 7.98. The van der Waals surface area contributed by atoms with Crippen LogP contribution in [0.25, 0.3) is 0 Å². The van der Waals surface area contributed by atoms with Gasteiger partial charge in [-0.3, -0.25) is 9.59 Å². The van der Waals surface area contributed by atoms with E-state index in [1.165, 1.54) is 0 Å². The highest BCUT2D eigenvalue weighted by Crippen LogP contribution is 2.15. The van der Waals surface area contributed by atoms with Crippen molar-refractivity contribution in [1.29, 1.82) is 0 Å². The predicted molar refractivity (Wildman–Crippen MR) is 86.4 cm³/mol. The molecular formula is C16H25N3O2. The lowest BCUT2D eigenvalue weighted by atomic mass is 10.1. The van der Waals surface area contributed by atoms with Crippen LogP contribution in [0.15, 0.2) is 24.3 Å². The van der Waals surface area contributed by atoms with Crippen LogP contribution in [0, 0.1) is 0 Å². The van der Waals surface area contributed by atoms with Crippen LogP contribution in [0.2, 0.25) is 0 Å². The van der Waals surface area contributed by atoms with Crippen LogP contribution in [0.5, 0.6) is 0 Å². The summed E-state index contributed by atoms with van der Waals surface area (Å²) in [4.78, 5) is 23.3. The Kier molecular flexibility index (Phi) is 6.21. The van der Waals surface area contributed by atoms with Crippen molar-refractivity contribution in [3.8, 4) is 0 Å². The highest BCUT2D eigenvalue weighted by molar-refractivity contribution is 5.91. The van der Waals surface area contributed by atoms with Crippen molar-refractivity contribution >= 4 is 23.2 Å². The molecule has 21 heavy (non-hydrogen) atoms. The second-order valence-corrected chi connectivity index (χ2v) is 6.03. The minimum Gasteiger partial charge on any atom is -0.376 e. The van der Waals surface area contributed by atoms with E-state index in [2.05, 4.69) is 16.0 Å². The Hall–Kier alpha value is -2.04. The van der Waals surface area contributed by atoms with Crippen LogP contribution >= 0.6 is 0 Å². The van der Waals surface area contributed by atoms with E-state index in [-0.39, 0.29) is 23.9 Å². The zero-order valence-corrected chi connectivity index (χ0v) is 13.2. The third-order valence-electron chi connectivity index (χ3n) is 2.59. The molecule has 0 aliphatic carbocycles. The first kappa shape index (κ1) is 17.0. The molecule has 0 saturated carbocycles. The Balaban J connectivity index is 2.53. The van der Waals surface area contributed by atoms with E-state index in [0.717, 1.165) is 17.8 Å². The zero-order chi connectivity index (χ0) is 15.9. The monoisotopic (exact) mass is 291 g/mol. The smallest absolute Gasteiger partial charge is 0.239 e. The standard InChI is InChI=1S/C16H25N3O2/c1-5-7-14(20)18-13-9-6-8-12(10-13)17-11-15(21)19-16(2,3)4/h6,8-10,17H,5,7,11H2,1-4H3,(H,18,20)(H,19,21). The van der Waals surface area contributed by atoms with Crippen LogP contribution in [-0.2, 0) is 9.59 Å². The van der Waals surface area contributed by atoms with E-state index >= 15 is 0 Å². The third kappa shape index (κ3) is 7.34. The van der Waals surface area contributed by atoms with Gasteiger partial charge in [-0.05, 0) is 45.4 Å². The lowest BCUT2D eigenvalue weighted by molar-refractivity contribution is -0.120. The summed E-state index contributed by atoms with van der Waals surface area (Å²) >= 11 is 0. The van der Waals surface area contributed by atoms with Gasteiger partial charge in [0.2, 0.25) is 11.8 Å². The molecule has 0 heterocycles. The van der Waals surface area contributed by atoms with E-state index in [1.54, 1.807) is 0 Å². The molecule has 0 aliphatic rings. The van der Waals surface area contributed by atoms with Crippen LogP contribution in [0.1, 0.15) is 40.5 Å². The van der Waals surface area contributed by atoms with Gasteiger partial charge in [-0.2, -0.15) is 0 Å². The second-order valence-electron chi connectivity index (χ2n) is 6.03. The number of carbonyl (C=O) groups is 2. The van der Waals surface area contributed by atoms with E-state index in [1.807, 2.05) is 52.0 Å². The van der Waals surface area contributed by atoms with Crippen molar-refractivity contribution in [3.05, 3.63) is 24.3 Å². The molecule has 1 rings (SSSR count). The quantitative estimate of drug-likeness (QED) is 0.755. The SMILES string of the molecule is CCCC(=O)Nc1cccc(NCC(=O)NC(C)(C)C)c1. The Bertz CT molecular complexity index is 493. The largest absolute Gasteiger partial charge is 0.376 e. The fraction of sp³-hybridized carbons (Fsp3) is 0.500. The molecule has 116 valence electrons. The van der Waals surface area contributed by atoms with Crippen LogP contribution in [0.3, 0.4) is 0 Å². The molecule has 5 heteroatoms. The molecule has 1 aromatic rings. The molecule has 3 N–H and O–H groups in total. The van der Waals surface area contributed by atoms with Gasteiger partial charge >= 0.3 is 0 Å². The molecule has 1 aromatic carbocycles. The zero-order valence-electron chi connectivity index (χ0n) is 13.2. The minimum absolute atomic E-state index is 0.000116. The molecule has 0 saturated heterocycles. The van der Waals surface area contributed by atoms with E-state index in [9.17, 15) is 9.59 Å². The van der Waals surface area contributed by atoms with Gasteiger partial charge < -0.3 is 16.0 Å². The van der Waals surface area contributed by atoms with Crippen molar-refractivity contribution in [2.24, 2.45) is 0 Å². The van der Waals surface area contributed by atoms with E-state index < -0.39 is 0 Å². The van der Waals surface area contributed by atoms with Crippen molar-refractivity contribution in [2.45, 2.75) is 46.1 Å². The van der Waals surface area contributed by atoms with E-state index in [0.29, 0.717) is 6.42 Å². The number of benzene rings is 1. The molecule has 0 bridgehead atoms. The summed E-state index contributed by atoms with van der Waals surface area (Å²) in [6, 6.07) is 7.34. The van der Waals surface area contributed by atoms with Crippen molar-refractivity contribution in [1.82, 2.24) is 5.32 Å². The summed E-state index contributed by atoms with van der Waals surface area (Å²) in [6.07, 6.45) is 1.32. The topological polar surface area (TPSA) is 70.2 Å². The first-order valence-electron chi connectivity index (χ1n) is 7.25. The lowest BCUT2D eigenvalue weighted by Crippen LogP contribution is -2.43. The molecule has 0 aromatic heterocycles.